The fourth-order valence-electron chi connectivity index (χ4n) is 2.29. The Morgan fingerprint density at radius 2 is 2.00 bits per heavy atom. The summed E-state index contributed by atoms with van der Waals surface area (Å²) in [6.07, 6.45) is 0. The summed E-state index contributed by atoms with van der Waals surface area (Å²) >= 11 is 0. The van der Waals surface area contributed by atoms with E-state index in [1.807, 2.05) is 55.3 Å². The van der Waals surface area contributed by atoms with Crippen molar-refractivity contribution in [1.29, 1.82) is 0 Å². The first-order valence-electron chi connectivity index (χ1n) is 6.66. The number of nitrogens with zero attached hydrogens (tertiary/aromatic N) is 1. The summed E-state index contributed by atoms with van der Waals surface area (Å²) in [6, 6.07) is 11.6. The Morgan fingerprint density at radius 3 is 2.70 bits per heavy atom. The molecule has 0 aliphatic heterocycles. The first-order valence-corrected chi connectivity index (χ1v) is 6.66. The van der Waals surface area contributed by atoms with Crippen LogP contribution in [0.25, 0.3) is 10.8 Å². The molecule has 4 heteroatoms. The van der Waals surface area contributed by atoms with Crippen molar-refractivity contribution in [2.45, 2.75) is 13.0 Å². The smallest absolute Gasteiger partial charge is 0.233 e. The standard InChI is InChI=1S/C16H20N2O2/c1-11(18(3)10-15(19)17-2)13-9-8-12-6-4-5-7-14(12)16(13)20/h4-9,11,20H,10H2,1-3H3,(H,17,19). The van der Waals surface area contributed by atoms with Crippen molar-refractivity contribution in [2.24, 2.45) is 0 Å². The average Bonchev–Trinajstić information content (AvgIpc) is 2.47. The molecule has 106 valence electrons. The van der Waals surface area contributed by atoms with E-state index in [0.717, 1.165) is 16.3 Å². The van der Waals surface area contributed by atoms with E-state index in [2.05, 4.69) is 5.32 Å². The number of phenolic OH excluding ortho intramolecular Hbond substituents is 1. The number of benzene rings is 2. The van der Waals surface area contributed by atoms with E-state index in [0.29, 0.717) is 12.3 Å². The predicted octanol–water partition coefficient (Wildman–Crippen LogP) is 2.28. The van der Waals surface area contributed by atoms with Crippen LogP contribution in [0.1, 0.15) is 18.5 Å². The summed E-state index contributed by atoms with van der Waals surface area (Å²) in [5, 5.41) is 14.9. The Bertz CT molecular complexity index is 625. The van der Waals surface area contributed by atoms with Crippen LogP contribution in [-0.2, 0) is 4.79 Å². The molecule has 0 aliphatic carbocycles. The number of hydrogen-bond acceptors (Lipinski definition) is 3. The number of nitrogens with one attached hydrogen (secondary N) is 1. The van der Waals surface area contributed by atoms with Gasteiger partial charge in [-0.05, 0) is 19.4 Å². The summed E-state index contributed by atoms with van der Waals surface area (Å²) in [5.74, 6) is 0.249. The Hall–Kier alpha value is -2.07. The maximum atomic E-state index is 11.4. The van der Waals surface area contributed by atoms with Crippen LogP contribution < -0.4 is 5.32 Å². The Labute approximate surface area is 119 Å². The molecule has 0 saturated heterocycles. The molecule has 1 atom stereocenters. The number of carbonyl (C=O) groups excluding carboxylic acids is 1. The molecule has 20 heavy (non-hydrogen) atoms. The molecule has 0 heterocycles. The van der Waals surface area contributed by atoms with Crippen molar-refractivity contribution in [1.82, 2.24) is 10.2 Å². The molecule has 1 amide bonds. The van der Waals surface area contributed by atoms with Crippen molar-refractivity contribution in [2.75, 3.05) is 20.6 Å². The van der Waals surface area contributed by atoms with Crippen LogP contribution in [0.2, 0.25) is 0 Å². The Morgan fingerprint density at radius 1 is 1.30 bits per heavy atom. The fraction of sp³-hybridized carbons (Fsp3) is 0.312. The van der Waals surface area contributed by atoms with Crippen molar-refractivity contribution in [3.63, 3.8) is 0 Å². The predicted molar refractivity (Wildman–Crippen MR) is 80.7 cm³/mol. The van der Waals surface area contributed by atoms with Gasteiger partial charge in [-0.1, -0.05) is 36.4 Å². The summed E-state index contributed by atoms with van der Waals surface area (Å²) in [7, 11) is 3.49. The molecule has 0 bridgehead atoms. The van der Waals surface area contributed by atoms with Gasteiger partial charge in [-0.25, -0.2) is 0 Å². The fourth-order valence-corrected chi connectivity index (χ4v) is 2.29. The third-order valence-electron chi connectivity index (χ3n) is 3.71. The summed E-state index contributed by atoms with van der Waals surface area (Å²) in [5.41, 5.74) is 0.829. The highest BCUT2D eigenvalue weighted by molar-refractivity contribution is 5.89. The molecular weight excluding hydrogens is 252 g/mol. The summed E-state index contributed by atoms with van der Waals surface area (Å²) < 4.78 is 0. The van der Waals surface area contributed by atoms with Gasteiger partial charge in [0.05, 0.1) is 6.54 Å². The van der Waals surface area contributed by atoms with Gasteiger partial charge in [0, 0.05) is 24.0 Å². The number of hydrogen-bond donors (Lipinski definition) is 2. The van der Waals surface area contributed by atoms with Crippen molar-refractivity contribution >= 4 is 16.7 Å². The van der Waals surface area contributed by atoms with Crippen LogP contribution in [0.15, 0.2) is 36.4 Å². The lowest BCUT2D eigenvalue weighted by atomic mass is 10.0. The maximum Gasteiger partial charge on any atom is 0.233 e. The second-order valence-corrected chi connectivity index (χ2v) is 4.99. The van der Waals surface area contributed by atoms with E-state index >= 15 is 0 Å². The summed E-state index contributed by atoms with van der Waals surface area (Å²) in [4.78, 5) is 13.3. The van der Waals surface area contributed by atoms with Gasteiger partial charge < -0.3 is 10.4 Å². The van der Waals surface area contributed by atoms with Crippen LogP contribution in [-0.4, -0.2) is 36.6 Å². The van der Waals surface area contributed by atoms with Gasteiger partial charge in [-0.3, -0.25) is 9.69 Å². The highest BCUT2D eigenvalue weighted by Gasteiger charge is 2.18. The first-order chi connectivity index (χ1) is 9.54. The third kappa shape index (κ3) is 2.75. The minimum atomic E-state index is -0.0445. The lowest BCUT2D eigenvalue weighted by Gasteiger charge is -2.25. The van der Waals surface area contributed by atoms with Crippen molar-refractivity contribution < 1.29 is 9.90 Å². The van der Waals surface area contributed by atoms with Gasteiger partial charge in [-0.2, -0.15) is 0 Å². The Balaban J connectivity index is 2.32. The molecular formula is C16H20N2O2. The monoisotopic (exact) mass is 272 g/mol. The van der Waals surface area contributed by atoms with Gasteiger partial charge in [0.25, 0.3) is 0 Å². The highest BCUT2D eigenvalue weighted by Crippen LogP contribution is 2.34. The Kier molecular flexibility index (Phi) is 4.25. The molecule has 4 nitrogen and oxygen atoms in total. The number of carbonyl (C=O) groups is 1. The average molecular weight is 272 g/mol. The van der Waals surface area contributed by atoms with Gasteiger partial charge in [0.2, 0.25) is 5.91 Å². The number of likely N-dealkylation sites (N-methyl/N-ethyl adjacent to an activating group) is 2. The molecule has 2 aromatic rings. The zero-order valence-corrected chi connectivity index (χ0v) is 12.1. The van der Waals surface area contributed by atoms with E-state index in [4.69, 9.17) is 0 Å². The largest absolute Gasteiger partial charge is 0.507 e. The molecule has 2 rings (SSSR count). The van der Waals surface area contributed by atoms with Gasteiger partial charge in [-0.15, -0.1) is 0 Å². The quantitative estimate of drug-likeness (QED) is 0.898. The van der Waals surface area contributed by atoms with Crippen molar-refractivity contribution in [3.05, 3.63) is 42.0 Å². The SMILES string of the molecule is CNC(=O)CN(C)C(C)c1ccc2ccccc2c1O. The van der Waals surface area contributed by atoms with Crippen LogP contribution in [0, 0.1) is 0 Å². The lowest BCUT2D eigenvalue weighted by Crippen LogP contribution is -2.34. The zero-order chi connectivity index (χ0) is 14.7. The van der Waals surface area contributed by atoms with Crippen LogP contribution in [0.4, 0.5) is 0 Å². The minimum absolute atomic E-state index is 0.0420. The molecule has 0 aliphatic rings. The normalized spacial score (nSPS) is 12.6. The van der Waals surface area contributed by atoms with Crippen LogP contribution in [0.5, 0.6) is 5.75 Å². The molecule has 2 N–H and O–H groups in total. The topological polar surface area (TPSA) is 52.6 Å². The van der Waals surface area contributed by atoms with E-state index in [1.165, 1.54) is 0 Å². The number of phenols is 1. The lowest BCUT2D eigenvalue weighted by molar-refractivity contribution is -0.121. The third-order valence-corrected chi connectivity index (χ3v) is 3.71. The van der Waals surface area contributed by atoms with E-state index in [1.54, 1.807) is 7.05 Å². The minimum Gasteiger partial charge on any atom is -0.507 e. The highest BCUT2D eigenvalue weighted by atomic mass is 16.3. The molecule has 0 spiro atoms. The van der Waals surface area contributed by atoms with E-state index < -0.39 is 0 Å². The molecule has 0 fully saturated rings. The van der Waals surface area contributed by atoms with Gasteiger partial charge >= 0.3 is 0 Å². The van der Waals surface area contributed by atoms with Gasteiger partial charge in [0.1, 0.15) is 5.75 Å². The zero-order valence-electron chi connectivity index (χ0n) is 12.1. The van der Waals surface area contributed by atoms with Crippen LogP contribution >= 0.6 is 0 Å². The number of aromatic hydroxyl groups is 1. The van der Waals surface area contributed by atoms with Gasteiger partial charge in [0.15, 0.2) is 0 Å². The second kappa shape index (κ2) is 5.92. The summed E-state index contributed by atoms with van der Waals surface area (Å²) in [6.45, 7) is 2.27. The van der Waals surface area contributed by atoms with Crippen LogP contribution in [0.3, 0.4) is 0 Å². The number of fused-ring (bicyclic) bond motifs is 1. The second-order valence-electron chi connectivity index (χ2n) is 4.99. The molecule has 1 unspecified atom stereocenters. The molecule has 0 saturated carbocycles. The molecule has 0 radical (unpaired) electrons. The molecule has 0 aromatic heterocycles. The first kappa shape index (κ1) is 14.3. The van der Waals surface area contributed by atoms with Crippen molar-refractivity contribution in [3.8, 4) is 5.75 Å². The van der Waals surface area contributed by atoms with E-state index in [-0.39, 0.29) is 11.9 Å². The van der Waals surface area contributed by atoms with E-state index in [9.17, 15) is 9.90 Å². The number of rotatable bonds is 4. The molecule has 2 aromatic carbocycles. The maximum absolute atomic E-state index is 11.4. The number of amides is 1.